The summed E-state index contributed by atoms with van der Waals surface area (Å²) in [6, 6.07) is 4.97. The molecule has 0 bridgehead atoms. The molecule has 1 aromatic rings. The Balaban J connectivity index is 2.86. The second-order valence-corrected chi connectivity index (χ2v) is 4.37. The van der Waals surface area contributed by atoms with Crippen molar-refractivity contribution in [3.8, 4) is 6.07 Å². The van der Waals surface area contributed by atoms with Crippen LogP contribution < -0.4 is 0 Å². The second kappa shape index (κ2) is 5.96. The Kier molecular flexibility index (Phi) is 4.59. The molecule has 0 spiro atoms. The van der Waals surface area contributed by atoms with Gasteiger partial charge in [0.25, 0.3) is 5.91 Å². The van der Waals surface area contributed by atoms with Crippen LogP contribution in [0.4, 0.5) is 0 Å². The van der Waals surface area contributed by atoms with Crippen LogP contribution >= 0.6 is 0 Å². The number of aryl methyl sites for hydroxylation is 1. The number of carbonyl (C=O) groups excluding carboxylic acids is 1. The van der Waals surface area contributed by atoms with Crippen LogP contribution in [0.1, 0.15) is 28.7 Å². The fourth-order valence-electron chi connectivity index (χ4n) is 1.57. The molecule has 0 saturated heterocycles. The molecule has 1 heterocycles. The van der Waals surface area contributed by atoms with Crippen molar-refractivity contribution in [1.82, 2.24) is 9.88 Å². The minimum atomic E-state index is -0.955. The van der Waals surface area contributed by atoms with Gasteiger partial charge in [0.15, 0.2) is 0 Å². The van der Waals surface area contributed by atoms with Gasteiger partial charge in [0.1, 0.15) is 11.8 Å². The number of amides is 1. The Morgan fingerprint density at radius 3 is 2.63 bits per heavy atom. The Bertz CT molecular complexity index is 549. The minimum absolute atomic E-state index is 0.106. The van der Waals surface area contributed by atoms with Crippen molar-refractivity contribution >= 4 is 11.9 Å². The highest BCUT2D eigenvalue weighted by atomic mass is 16.4. The normalized spacial score (nSPS) is 11.5. The second-order valence-electron chi connectivity index (χ2n) is 4.37. The summed E-state index contributed by atoms with van der Waals surface area (Å²) in [4.78, 5) is 28.2. The zero-order valence-electron chi connectivity index (χ0n) is 11.0. The van der Waals surface area contributed by atoms with Crippen molar-refractivity contribution in [3.05, 3.63) is 29.1 Å². The number of nitriles is 1. The molecular formula is C13H15N3O3. The van der Waals surface area contributed by atoms with E-state index >= 15 is 0 Å². The third kappa shape index (κ3) is 3.52. The summed E-state index contributed by atoms with van der Waals surface area (Å²) < 4.78 is 0. The molecule has 0 aliphatic carbocycles. The fourth-order valence-corrected chi connectivity index (χ4v) is 1.57. The SMILES string of the molecule is Cc1nc(C(=O)N(C)CC(C)C(=O)O)ccc1C#N. The number of pyridine rings is 1. The minimum Gasteiger partial charge on any atom is -0.481 e. The van der Waals surface area contributed by atoms with E-state index in [1.54, 1.807) is 6.92 Å². The number of aliphatic carboxylic acids is 1. The number of hydrogen-bond donors (Lipinski definition) is 1. The third-order valence-corrected chi connectivity index (χ3v) is 2.74. The van der Waals surface area contributed by atoms with Gasteiger partial charge in [-0.25, -0.2) is 4.98 Å². The van der Waals surface area contributed by atoms with Crippen molar-refractivity contribution in [1.29, 1.82) is 5.26 Å². The Labute approximate surface area is 111 Å². The lowest BCUT2D eigenvalue weighted by Gasteiger charge is -2.19. The lowest BCUT2D eigenvalue weighted by molar-refractivity contribution is -0.141. The number of carbonyl (C=O) groups is 2. The molecule has 19 heavy (non-hydrogen) atoms. The molecule has 1 atom stereocenters. The van der Waals surface area contributed by atoms with Crippen molar-refractivity contribution in [3.63, 3.8) is 0 Å². The monoisotopic (exact) mass is 261 g/mol. The zero-order valence-corrected chi connectivity index (χ0v) is 11.0. The summed E-state index contributed by atoms with van der Waals surface area (Å²) in [5.41, 5.74) is 1.10. The molecular weight excluding hydrogens is 246 g/mol. The van der Waals surface area contributed by atoms with Gasteiger partial charge in [0.2, 0.25) is 0 Å². The van der Waals surface area contributed by atoms with E-state index in [1.807, 2.05) is 6.07 Å². The number of aromatic nitrogens is 1. The molecule has 1 aromatic heterocycles. The molecule has 6 nitrogen and oxygen atoms in total. The first-order valence-electron chi connectivity index (χ1n) is 5.72. The van der Waals surface area contributed by atoms with E-state index in [0.717, 1.165) is 0 Å². The molecule has 100 valence electrons. The Morgan fingerprint density at radius 1 is 1.53 bits per heavy atom. The van der Waals surface area contributed by atoms with Gasteiger partial charge in [-0.1, -0.05) is 6.92 Å². The average molecular weight is 261 g/mol. The van der Waals surface area contributed by atoms with Gasteiger partial charge >= 0.3 is 5.97 Å². The van der Waals surface area contributed by atoms with Gasteiger partial charge in [-0.3, -0.25) is 9.59 Å². The molecule has 0 radical (unpaired) electrons. The first-order chi connectivity index (χ1) is 8.86. The summed E-state index contributed by atoms with van der Waals surface area (Å²) in [5, 5.41) is 17.6. The molecule has 0 fully saturated rings. The van der Waals surface area contributed by atoms with Crippen molar-refractivity contribution in [2.24, 2.45) is 5.92 Å². The molecule has 1 amide bonds. The maximum atomic E-state index is 12.0. The largest absolute Gasteiger partial charge is 0.481 e. The standard InChI is InChI=1S/C13H15N3O3/c1-8(13(18)19)7-16(3)12(17)11-5-4-10(6-14)9(2)15-11/h4-5,8H,7H2,1-3H3,(H,18,19). The highest BCUT2D eigenvalue weighted by Crippen LogP contribution is 2.08. The van der Waals surface area contributed by atoms with Gasteiger partial charge in [-0.05, 0) is 19.1 Å². The predicted octanol–water partition coefficient (Wildman–Crippen LogP) is 1.05. The number of nitrogens with zero attached hydrogens (tertiary/aromatic N) is 3. The van der Waals surface area contributed by atoms with Gasteiger partial charge in [0, 0.05) is 13.6 Å². The summed E-state index contributed by atoms with van der Waals surface area (Å²) >= 11 is 0. The van der Waals surface area contributed by atoms with Crippen LogP contribution in [0.5, 0.6) is 0 Å². The van der Waals surface area contributed by atoms with E-state index in [2.05, 4.69) is 4.98 Å². The van der Waals surface area contributed by atoms with Gasteiger partial charge in [-0.15, -0.1) is 0 Å². The number of carboxylic acid groups (broad SMARTS) is 1. The van der Waals surface area contributed by atoms with E-state index in [9.17, 15) is 9.59 Å². The van der Waals surface area contributed by atoms with Crippen LogP contribution in [-0.2, 0) is 4.79 Å². The smallest absolute Gasteiger partial charge is 0.308 e. The number of carboxylic acids is 1. The topological polar surface area (TPSA) is 94.3 Å². The average Bonchev–Trinajstić information content (AvgIpc) is 2.37. The van der Waals surface area contributed by atoms with E-state index in [0.29, 0.717) is 11.3 Å². The molecule has 1 unspecified atom stereocenters. The molecule has 0 aromatic carbocycles. The predicted molar refractivity (Wildman–Crippen MR) is 67.4 cm³/mol. The van der Waals surface area contributed by atoms with Crippen molar-refractivity contribution in [2.75, 3.05) is 13.6 Å². The lowest BCUT2D eigenvalue weighted by Crippen LogP contribution is -2.34. The van der Waals surface area contributed by atoms with Gasteiger partial charge in [0.05, 0.1) is 17.2 Å². The van der Waals surface area contributed by atoms with Gasteiger partial charge < -0.3 is 10.0 Å². The van der Waals surface area contributed by atoms with Crippen LogP contribution in [0.3, 0.4) is 0 Å². The highest BCUT2D eigenvalue weighted by molar-refractivity contribution is 5.92. The summed E-state index contributed by atoms with van der Waals surface area (Å²) in [6.07, 6.45) is 0. The third-order valence-electron chi connectivity index (χ3n) is 2.74. The van der Waals surface area contributed by atoms with Crippen LogP contribution in [-0.4, -0.2) is 40.5 Å². The Morgan fingerprint density at radius 2 is 2.16 bits per heavy atom. The quantitative estimate of drug-likeness (QED) is 0.874. The van der Waals surface area contributed by atoms with E-state index in [4.69, 9.17) is 10.4 Å². The van der Waals surface area contributed by atoms with Crippen LogP contribution in [0.15, 0.2) is 12.1 Å². The van der Waals surface area contributed by atoms with Crippen LogP contribution in [0.25, 0.3) is 0 Å². The highest BCUT2D eigenvalue weighted by Gasteiger charge is 2.19. The first-order valence-corrected chi connectivity index (χ1v) is 5.72. The molecule has 1 N–H and O–H groups in total. The van der Waals surface area contributed by atoms with Crippen LogP contribution in [0.2, 0.25) is 0 Å². The van der Waals surface area contributed by atoms with E-state index in [-0.39, 0.29) is 18.1 Å². The number of hydrogen-bond acceptors (Lipinski definition) is 4. The van der Waals surface area contributed by atoms with E-state index < -0.39 is 11.9 Å². The molecule has 0 aliphatic rings. The van der Waals surface area contributed by atoms with Crippen molar-refractivity contribution in [2.45, 2.75) is 13.8 Å². The summed E-state index contributed by atoms with van der Waals surface area (Å²) in [7, 11) is 1.52. The molecule has 0 aliphatic heterocycles. The molecule has 6 heteroatoms. The maximum absolute atomic E-state index is 12.0. The fraction of sp³-hybridized carbons (Fsp3) is 0.385. The van der Waals surface area contributed by atoms with Crippen molar-refractivity contribution < 1.29 is 14.7 Å². The van der Waals surface area contributed by atoms with Gasteiger partial charge in [-0.2, -0.15) is 5.26 Å². The first kappa shape index (κ1) is 14.6. The summed E-state index contributed by atoms with van der Waals surface area (Å²) in [6.45, 7) is 3.29. The maximum Gasteiger partial charge on any atom is 0.308 e. The van der Waals surface area contributed by atoms with E-state index in [1.165, 1.54) is 31.0 Å². The Hall–Kier alpha value is -2.42. The summed E-state index contributed by atoms with van der Waals surface area (Å²) in [5.74, 6) is -1.96. The lowest BCUT2D eigenvalue weighted by atomic mass is 10.1. The molecule has 1 rings (SSSR count). The van der Waals surface area contributed by atoms with Crippen LogP contribution in [0, 0.1) is 24.2 Å². The zero-order chi connectivity index (χ0) is 14.6. The number of rotatable bonds is 4. The molecule has 0 saturated carbocycles.